The lowest BCUT2D eigenvalue weighted by molar-refractivity contribution is -0.120. The average molecular weight is 529 g/mol. The SMILES string of the molecule is CNC(=O)CCn1c(NC(=O)c2ccc(-c3cnco3)s2)nc2cc(NCC(=O)c3ccccc3)ccc21. The monoisotopic (exact) mass is 528 g/mol. The maximum Gasteiger partial charge on any atom is 0.268 e. The van der Waals surface area contributed by atoms with Crippen molar-refractivity contribution in [1.82, 2.24) is 19.9 Å². The molecule has 0 aliphatic carbocycles. The summed E-state index contributed by atoms with van der Waals surface area (Å²) in [5.74, 6) is 0.412. The molecule has 3 heterocycles. The second-order valence-corrected chi connectivity index (χ2v) is 9.42. The summed E-state index contributed by atoms with van der Waals surface area (Å²) in [6.07, 6.45) is 3.14. The quantitative estimate of drug-likeness (QED) is 0.229. The number of nitrogens with zero attached hydrogens (tertiary/aromatic N) is 3. The van der Waals surface area contributed by atoms with E-state index in [-0.39, 0.29) is 30.6 Å². The highest BCUT2D eigenvalue weighted by molar-refractivity contribution is 7.17. The van der Waals surface area contributed by atoms with Gasteiger partial charge in [0.2, 0.25) is 11.9 Å². The number of benzene rings is 2. The van der Waals surface area contributed by atoms with Crippen molar-refractivity contribution < 1.29 is 18.8 Å². The van der Waals surface area contributed by atoms with E-state index in [2.05, 4.69) is 25.9 Å². The van der Waals surface area contributed by atoms with Crippen molar-refractivity contribution >= 4 is 51.6 Å². The number of thiophene rings is 1. The Balaban J connectivity index is 1.37. The fourth-order valence-corrected chi connectivity index (χ4v) is 4.76. The van der Waals surface area contributed by atoms with Gasteiger partial charge in [0.15, 0.2) is 17.9 Å². The van der Waals surface area contributed by atoms with Crippen LogP contribution in [0.3, 0.4) is 0 Å². The largest absolute Gasteiger partial charge is 0.443 e. The van der Waals surface area contributed by atoms with Crippen LogP contribution in [0.25, 0.3) is 21.7 Å². The molecule has 0 bridgehead atoms. The van der Waals surface area contributed by atoms with Gasteiger partial charge in [-0.1, -0.05) is 30.3 Å². The summed E-state index contributed by atoms with van der Waals surface area (Å²) in [6.45, 7) is 0.446. The lowest BCUT2D eigenvalue weighted by Crippen LogP contribution is -2.21. The van der Waals surface area contributed by atoms with Crippen LogP contribution in [0.1, 0.15) is 26.5 Å². The van der Waals surface area contributed by atoms with Gasteiger partial charge in [0, 0.05) is 31.3 Å². The van der Waals surface area contributed by atoms with Crippen molar-refractivity contribution in [1.29, 1.82) is 0 Å². The van der Waals surface area contributed by atoms with Gasteiger partial charge in [-0.3, -0.25) is 19.7 Å². The van der Waals surface area contributed by atoms with E-state index in [4.69, 9.17) is 4.42 Å². The molecule has 3 N–H and O–H groups in total. The van der Waals surface area contributed by atoms with Crippen molar-refractivity contribution in [2.24, 2.45) is 0 Å². The van der Waals surface area contributed by atoms with Crippen molar-refractivity contribution in [2.45, 2.75) is 13.0 Å². The van der Waals surface area contributed by atoms with Crippen LogP contribution in [-0.4, -0.2) is 45.7 Å². The highest BCUT2D eigenvalue weighted by Gasteiger charge is 2.18. The summed E-state index contributed by atoms with van der Waals surface area (Å²) in [5.41, 5.74) is 2.70. The number of Topliss-reactive ketones (excluding diaryl/α,β-unsaturated/α-hetero) is 1. The standard InChI is InChI=1S/C27H24N6O4S/c1-28-25(35)11-12-33-20-8-7-18(30-14-21(34)17-5-3-2-4-6-17)13-19(20)31-27(33)32-26(36)24-10-9-23(38-24)22-15-29-16-37-22/h2-10,13,15-16,30H,11-12,14H2,1H3,(H,28,35)(H,31,32,36). The van der Waals surface area contributed by atoms with Gasteiger partial charge in [-0.25, -0.2) is 9.97 Å². The minimum absolute atomic E-state index is 0.0320. The van der Waals surface area contributed by atoms with Crippen LogP contribution in [0.15, 0.2) is 77.7 Å². The van der Waals surface area contributed by atoms with Gasteiger partial charge < -0.3 is 19.6 Å². The number of aromatic nitrogens is 3. The molecule has 0 spiro atoms. The Morgan fingerprint density at radius 2 is 1.89 bits per heavy atom. The van der Waals surface area contributed by atoms with E-state index in [1.165, 1.54) is 17.7 Å². The number of carbonyl (C=O) groups is 3. The Kier molecular flexibility index (Phi) is 7.27. The van der Waals surface area contributed by atoms with E-state index >= 15 is 0 Å². The molecular weight excluding hydrogens is 504 g/mol. The third-order valence-electron chi connectivity index (χ3n) is 5.87. The van der Waals surface area contributed by atoms with Crippen LogP contribution >= 0.6 is 11.3 Å². The zero-order valence-electron chi connectivity index (χ0n) is 20.4. The lowest BCUT2D eigenvalue weighted by atomic mass is 10.1. The number of amides is 2. The normalized spacial score (nSPS) is 10.9. The third-order valence-corrected chi connectivity index (χ3v) is 6.97. The molecule has 192 valence electrons. The molecule has 0 aliphatic rings. The summed E-state index contributed by atoms with van der Waals surface area (Å²) in [5, 5.41) is 8.64. The fourth-order valence-electron chi connectivity index (χ4n) is 3.90. The number of aryl methyl sites for hydroxylation is 1. The molecule has 5 aromatic rings. The van der Waals surface area contributed by atoms with Gasteiger partial charge in [-0.15, -0.1) is 11.3 Å². The number of fused-ring (bicyclic) bond motifs is 1. The van der Waals surface area contributed by atoms with E-state index in [0.29, 0.717) is 39.9 Å². The van der Waals surface area contributed by atoms with Crippen LogP contribution in [0.4, 0.5) is 11.6 Å². The first-order valence-electron chi connectivity index (χ1n) is 11.8. The zero-order valence-corrected chi connectivity index (χ0v) is 21.2. The van der Waals surface area contributed by atoms with E-state index < -0.39 is 0 Å². The molecule has 10 nitrogen and oxygen atoms in total. The first-order valence-corrected chi connectivity index (χ1v) is 12.7. The van der Waals surface area contributed by atoms with Gasteiger partial charge >= 0.3 is 0 Å². The Hall–Kier alpha value is -4.77. The summed E-state index contributed by atoms with van der Waals surface area (Å²) in [6, 6.07) is 18.1. The van der Waals surface area contributed by atoms with Crippen LogP contribution in [0.2, 0.25) is 0 Å². The van der Waals surface area contributed by atoms with Crippen molar-refractivity contribution in [3.8, 4) is 10.6 Å². The fraction of sp³-hybridized carbons (Fsp3) is 0.148. The van der Waals surface area contributed by atoms with E-state index in [9.17, 15) is 14.4 Å². The van der Waals surface area contributed by atoms with Crippen molar-refractivity contribution in [2.75, 3.05) is 24.2 Å². The van der Waals surface area contributed by atoms with Crippen molar-refractivity contribution in [3.63, 3.8) is 0 Å². The molecule has 0 aliphatic heterocycles. The predicted molar refractivity (Wildman–Crippen MR) is 145 cm³/mol. The maximum absolute atomic E-state index is 13.1. The molecular formula is C27H24N6O4S. The first kappa shape index (κ1) is 24.9. The third kappa shape index (κ3) is 5.47. The zero-order chi connectivity index (χ0) is 26.5. The Labute approximate surface area is 221 Å². The molecule has 0 unspecified atom stereocenters. The number of rotatable bonds is 10. The van der Waals surface area contributed by atoms with E-state index in [1.54, 1.807) is 42.1 Å². The molecule has 38 heavy (non-hydrogen) atoms. The average Bonchev–Trinajstić information content (AvgIpc) is 3.71. The van der Waals surface area contributed by atoms with Crippen LogP contribution in [0.5, 0.6) is 0 Å². The lowest BCUT2D eigenvalue weighted by Gasteiger charge is -2.10. The van der Waals surface area contributed by atoms with Crippen LogP contribution in [0, 0.1) is 0 Å². The number of carbonyl (C=O) groups excluding carboxylic acids is 3. The summed E-state index contributed by atoms with van der Waals surface area (Å²) >= 11 is 1.27. The van der Waals surface area contributed by atoms with Gasteiger partial charge in [-0.2, -0.15) is 0 Å². The molecule has 5 rings (SSSR count). The topological polar surface area (TPSA) is 131 Å². The summed E-state index contributed by atoms with van der Waals surface area (Å²) in [7, 11) is 1.58. The maximum atomic E-state index is 13.1. The number of nitrogens with one attached hydrogen (secondary N) is 3. The smallest absolute Gasteiger partial charge is 0.268 e. The van der Waals surface area contributed by atoms with Gasteiger partial charge in [-0.05, 0) is 30.3 Å². The second-order valence-electron chi connectivity index (χ2n) is 8.34. The molecule has 0 saturated heterocycles. The first-order chi connectivity index (χ1) is 18.5. The van der Waals surface area contributed by atoms with E-state index in [1.807, 2.05) is 36.4 Å². The molecule has 0 saturated carbocycles. The number of anilines is 2. The second kappa shape index (κ2) is 11.1. The number of hydrogen-bond acceptors (Lipinski definition) is 8. The van der Waals surface area contributed by atoms with Gasteiger partial charge in [0.1, 0.15) is 0 Å². The molecule has 2 aromatic carbocycles. The van der Waals surface area contributed by atoms with E-state index in [0.717, 1.165) is 10.4 Å². The molecule has 3 aromatic heterocycles. The van der Waals surface area contributed by atoms with Gasteiger partial charge in [0.05, 0.1) is 33.5 Å². The summed E-state index contributed by atoms with van der Waals surface area (Å²) in [4.78, 5) is 47.3. The number of hydrogen-bond donors (Lipinski definition) is 3. The molecule has 0 fully saturated rings. The van der Waals surface area contributed by atoms with Crippen LogP contribution in [-0.2, 0) is 11.3 Å². The highest BCUT2D eigenvalue weighted by atomic mass is 32.1. The predicted octanol–water partition coefficient (Wildman–Crippen LogP) is 4.44. The summed E-state index contributed by atoms with van der Waals surface area (Å²) < 4.78 is 7.11. The van der Waals surface area contributed by atoms with Gasteiger partial charge in [0.25, 0.3) is 5.91 Å². The van der Waals surface area contributed by atoms with Crippen molar-refractivity contribution in [3.05, 3.63) is 83.7 Å². The number of ketones is 1. The number of imidazole rings is 1. The number of oxazole rings is 1. The minimum Gasteiger partial charge on any atom is -0.443 e. The Morgan fingerprint density at radius 1 is 1.05 bits per heavy atom. The van der Waals surface area contributed by atoms with Crippen LogP contribution < -0.4 is 16.0 Å². The molecule has 11 heteroatoms. The Bertz CT molecular complexity index is 1590. The minimum atomic E-state index is -0.330. The Morgan fingerprint density at radius 3 is 2.66 bits per heavy atom. The molecule has 2 amide bonds. The molecule has 0 radical (unpaired) electrons. The molecule has 0 atom stereocenters. The highest BCUT2D eigenvalue weighted by Crippen LogP contribution is 2.29.